The average molecular weight is 359 g/mol. The third-order valence-electron chi connectivity index (χ3n) is 4.02. The van der Waals surface area contributed by atoms with Crippen LogP contribution in [0.25, 0.3) is 0 Å². The number of halogens is 1. The Hall–Kier alpha value is -2.31. The molecule has 1 atom stereocenters. The van der Waals surface area contributed by atoms with Crippen LogP contribution in [0.15, 0.2) is 42.5 Å². The van der Waals surface area contributed by atoms with Crippen LogP contribution >= 0.6 is 23.4 Å². The Morgan fingerprint density at radius 2 is 1.71 bits per heavy atom. The van der Waals surface area contributed by atoms with Gasteiger partial charge in [0.1, 0.15) is 5.37 Å². The van der Waals surface area contributed by atoms with Gasteiger partial charge in [0.2, 0.25) is 5.91 Å². The van der Waals surface area contributed by atoms with Gasteiger partial charge in [0, 0.05) is 10.7 Å². The molecule has 5 nitrogen and oxygen atoms in total. The van der Waals surface area contributed by atoms with Crippen molar-refractivity contribution in [2.24, 2.45) is 0 Å². The molecule has 7 heteroatoms. The van der Waals surface area contributed by atoms with E-state index in [0.29, 0.717) is 27.6 Å². The topological polar surface area (TPSA) is 66.5 Å². The number of imide groups is 1. The summed E-state index contributed by atoms with van der Waals surface area (Å²) in [6.07, 6.45) is 0. The van der Waals surface area contributed by atoms with Crippen molar-refractivity contribution < 1.29 is 14.4 Å². The molecule has 2 aromatic carbocycles. The van der Waals surface area contributed by atoms with E-state index in [1.807, 2.05) is 12.1 Å². The molecule has 0 spiro atoms. The minimum Gasteiger partial charge on any atom is -0.295 e. The van der Waals surface area contributed by atoms with E-state index in [4.69, 9.17) is 11.6 Å². The first-order valence-electron chi connectivity index (χ1n) is 7.23. The van der Waals surface area contributed by atoms with E-state index in [-0.39, 0.29) is 11.3 Å². The third-order valence-corrected chi connectivity index (χ3v) is 5.48. The number of nitrogens with one attached hydrogen (secondary N) is 1. The van der Waals surface area contributed by atoms with E-state index >= 15 is 0 Å². The fourth-order valence-electron chi connectivity index (χ4n) is 2.88. The Bertz CT molecular complexity index is 882. The normalized spacial score (nSPS) is 19.6. The molecule has 24 heavy (non-hydrogen) atoms. The van der Waals surface area contributed by atoms with Crippen molar-refractivity contribution in [2.45, 2.75) is 5.37 Å². The summed E-state index contributed by atoms with van der Waals surface area (Å²) < 4.78 is 0. The number of hydrogen-bond donors (Lipinski definition) is 1. The van der Waals surface area contributed by atoms with Gasteiger partial charge in [-0.15, -0.1) is 11.8 Å². The van der Waals surface area contributed by atoms with Gasteiger partial charge in [0.25, 0.3) is 11.8 Å². The monoisotopic (exact) mass is 358 g/mol. The lowest BCUT2D eigenvalue weighted by molar-refractivity contribution is -0.115. The summed E-state index contributed by atoms with van der Waals surface area (Å²) >= 11 is 7.44. The molecule has 2 aliphatic heterocycles. The highest BCUT2D eigenvalue weighted by molar-refractivity contribution is 8.00. The highest BCUT2D eigenvalue weighted by Gasteiger charge is 2.35. The molecule has 2 aromatic rings. The second kappa shape index (κ2) is 5.65. The van der Waals surface area contributed by atoms with Gasteiger partial charge in [0.05, 0.1) is 16.9 Å². The molecule has 0 bridgehead atoms. The van der Waals surface area contributed by atoms with Gasteiger partial charge in [-0.1, -0.05) is 23.7 Å². The predicted molar refractivity (Wildman–Crippen MR) is 92.4 cm³/mol. The Morgan fingerprint density at radius 1 is 1.00 bits per heavy atom. The Kier molecular flexibility index (Phi) is 3.58. The number of rotatable bonds is 2. The van der Waals surface area contributed by atoms with Gasteiger partial charge in [-0.3, -0.25) is 24.6 Å². The number of anilines is 1. The summed E-state index contributed by atoms with van der Waals surface area (Å²) in [6.45, 7) is 0. The fourth-order valence-corrected chi connectivity index (χ4v) is 4.19. The van der Waals surface area contributed by atoms with Crippen molar-refractivity contribution >= 4 is 46.8 Å². The van der Waals surface area contributed by atoms with E-state index < -0.39 is 11.8 Å². The standard InChI is InChI=1S/C17H11ClN2O3S/c18-10-3-1-9(2-4-10)17-20(14(21)8-24-17)11-5-6-12-13(7-11)16(23)19-15(12)22/h1-7,17H,8H2,(H,19,22,23). The van der Waals surface area contributed by atoms with Crippen LogP contribution in [-0.2, 0) is 4.79 Å². The number of carbonyl (C=O) groups excluding carboxylic acids is 3. The first-order chi connectivity index (χ1) is 11.5. The van der Waals surface area contributed by atoms with Gasteiger partial charge in [0.15, 0.2) is 0 Å². The molecule has 0 aromatic heterocycles. The number of benzene rings is 2. The summed E-state index contributed by atoms with van der Waals surface area (Å²) in [5, 5.41) is 2.70. The van der Waals surface area contributed by atoms with Crippen LogP contribution < -0.4 is 10.2 Å². The second-order valence-corrected chi connectivity index (χ2v) is 7.00. The Morgan fingerprint density at radius 3 is 2.46 bits per heavy atom. The number of hydrogen-bond acceptors (Lipinski definition) is 4. The summed E-state index contributed by atoms with van der Waals surface area (Å²) in [4.78, 5) is 37.6. The van der Waals surface area contributed by atoms with Gasteiger partial charge in [-0.2, -0.15) is 0 Å². The molecule has 1 fully saturated rings. The van der Waals surface area contributed by atoms with Crippen LogP contribution in [0.3, 0.4) is 0 Å². The van der Waals surface area contributed by atoms with Crippen molar-refractivity contribution in [3.05, 3.63) is 64.2 Å². The van der Waals surface area contributed by atoms with Crippen LogP contribution in [0.5, 0.6) is 0 Å². The van der Waals surface area contributed by atoms with Crippen molar-refractivity contribution in [3.8, 4) is 0 Å². The lowest BCUT2D eigenvalue weighted by atomic mass is 10.1. The third kappa shape index (κ3) is 2.39. The molecule has 2 aliphatic rings. The molecule has 0 saturated carbocycles. The highest BCUT2D eigenvalue weighted by Crippen LogP contribution is 2.42. The minimum absolute atomic E-state index is 0.0374. The Labute approximate surface area is 147 Å². The molecule has 2 heterocycles. The van der Waals surface area contributed by atoms with Gasteiger partial charge in [-0.05, 0) is 35.9 Å². The maximum atomic E-state index is 12.4. The number of fused-ring (bicyclic) bond motifs is 1. The van der Waals surface area contributed by atoms with Crippen molar-refractivity contribution in [3.63, 3.8) is 0 Å². The molecule has 0 aliphatic carbocycles. The molecule has 3 amide bonds. The van der Waals surface area contributed by atoms with Crippen molar-refractivity contribution in [1.29, 1.82) is 0 Å². The molecular weight excluding hydrogens is 348 g/mol. The summed E-state index contributed by atoms with van der Waals surface area (Å²) in [7, 11) is 0. The van der Waals surface area contributed by atoms with Crippen LogP contribution in [0.2, 0.25) is 5.02 Å². The molecule has 0 radical (unpaired) electrons. The molecule has 4 rings (SSSR count). The summed E-state index contributed by atoms with van der Waals surface area (Å²) in [5.41, 5.74) is 2.20. The second-order valence-electron chi connectivity index (χ2n) is 5.49. The highest BCUT2D eigenvalue weighted by atomic mass is 35.5. The number of carbonyl (C=O) groups is 3. The molecule has 1 unspecified atom stereocenters. The molecule has 120 valence electrons. The number of nitrogens with zero attached hydrogens (tertiary/aromatic N) is 1. The van der Waals surface area contributed by atoms with Gasteiger partial charge in [-0.25, -0.2) is 0 Å². The zero-order valence-electron chi connectivity index (χ0n) is 12.3. The maximum absolute atomic E-state index is 12.4. The lowest BCUT2D eigenvalue weighted by Crippen LogP contribution is -2.28. The van der Waals surface area contributed by atoms with Gasteiger partial charge < -0.3 is 0 Å². The van der Waals surface area contributed by atoms with E-state index in [0.717, 1.165) is 5.56 Å². The van der Waals surface area contributed by atoms with Crippen LogP contribution in [-0.4, -0.2) is 23.5 Å². The van der Waals surface area contributed by atoms with Crippen molar-refractivity contribution in [1.82, 2.24) is 5.32 Å². The van der Waals surface area contributed by atoms with E-state index in [1.165, 1.54) is 11.8 Å². The lowest BCUT2D eigenvalue weighted by Gasteiger charge is -2.24. The fraction of sp³-hybridized carbons (Fsp3) is 0.118. The van der Waals surface area contributed by atoms with Crippen LogP contribution in [0.4, 0.5) is 5.69 Å². The summed E-state index contributed by atoms with van der Waals surface area (Å²) in [6, 6.07) is 12.2. The Balaban J connectivity index is 1.75. The SMILES string of the molecule is O=C1NC(=O)c2cc(N3C(=O)CSC3c3ccc(Cl)cc3)ccc21. The van der Waals surface area contributed by atoms with Crippen molar-refractivity contribution in [2.75, 3.05) is 10.7 Å². The minimum atomic E-state index is -0.431. The largest absolute Gasteiger partial charge is 0.295 e. The van der Waals surface area contributed by atoms with E-state index in [1.54, 1.807) is 35.2 Å². The zero-order valence-corrected chi connectivity index (χ0v) is 13.9. The molecule has 1 saturated heterocycles. The summed E-state index contributed by atoms with van der Waals surface area (Å²) in [5.74, 6) is -0.517. The van der Waals surface area contributed by atoms with Crippen LogP contribution in [0, 0.1) is 0 Å². The smallest absolute Gasteiger partial charge is 0.259 e. The molecular formula is C17H11ClN2O3S. The number of amides is 3. The predicted octanol–water partition coefficient (Wildman–Crippen LogP) is 3.00. The quantitative estimate of drug-likeness (QED) is 0.838. The zero-order chi connectivity index (χ0) is 16.8. The van der Waals surface area contributed by atoms with E-state index in [9.17, 15) is 14.4 Å². The first-order valence-corrected chi connectivity index (χ1v) is 8.66. The van der Waals surface area contributed by atoms with Gasteiger partial charge >= 0.3 is 0 Å². The van der Waals surface area contributed by atoms with Crippen LogP contribution in [0.1, 0.15) is 31.7 Å². The first kappa shape index (κ1) is 15.2. The average Bonchev–Trinajstić information content (AvgIpc) is 3.08. The maximum Gasteiger partial charge on any atom is 0.259 e. The number of thioether (sulfide) groups is 1. The molecule has 1 N–H and O–H groups in total. The van der Waals surface area contributed by atoms with E-state index in [2.05, 4.69) is 5.32 Å².